The Bertz CT molecular complexity index is 967. The van der Waals surface area contributed by atoms with Crippen LogP contribution in [-0.4, -0.2) is 27.6 Å². The van der Waals surface area contributed by atoms with Crippen LogP contribution >= 0.6 is 0 Å². The predicted octanol–water partition coefficient (Wildman–Crippen LogP) is 2.85. The van der Waals surface area contributed by atoms with Gasteiger partial charge < -0.3 is 10.6 Å². The van der Waals surface area contributed by atoms with Crippen molar-refractivity contribution in [2.45, 2.75) is 25.8 Å². The van der Waals surface area contributed by atoms with E-state index in [1.54, 1.807) is 18.2 Å². The monoisotopic (exact) mass is 339 g/mol. The number of carbonyl (C=O) groups is 1. The van der Waals surface area contributed by atoms with Crippen molar-refractivity contribution in [2.75, 3.05) is 11.4 Å². The second-order valence-electron chi connectivity index (χ2n) is 6.38. The number of halogens is 1. The van der Waals surface area contributed by atoms with E-state index in [0.717, 1.165) is 41.7 Å². The van der Waals surface area contributed by atoms with Gasteiger partial charge in [0.2, 0.25) is 5.91 Å². The molecule has 1 amide bonds. The fourth-order valence-electron chi connectivity index (χ4n) is 3.56. The van der Waals surface area contributed by atoms with Crippen molar-refractivity contribution in [3.05, 3.63) is 53.0 Å². The summed E-state index contributed by atoms with van der Waals surface area (Å²) in [5.74, 6) is -0.0470. The van der Waals surface area contributed by atoms with E-state index < -0.39 is 5.91 Å². The Morgan fingerprint density at radius 2 is 2.24 bits per heavy atom. The number of nitrogens with two attached hydrogens (primary N) is 1. The summed E-state index contributed by atoms with van der Waals surface area (Å²) in [6.45, 7) is 2.79. The van der Waals surface area contributed by atoms with Crippen LogP contribution in [-0.2, 0) is 0 Å². The number of fused-ring (bicyclic) bond motifs is 1. The third-order valence-electron chi connectivity index (χ3n) is 4.81. The highest BCUT2D eigenvalue weighted by Crippen LogP contribution is 2.39. The van der Waals surface area contributed by atoms with Crippen LogP contribution in [0.25, 0.3) is 11.0 Å². The number of rotatable bonds is 3. The molecule has 25 heavy (non-hydrogen) atoms. The number of aromatic nitrogens is 3. The zero-order valence-corrected chi connectivity index (χ0v) is 13.8. The molecule has 0 unspecified atom stereocenters. The molecule has 4 rings (SSSR count). The second-order valence-corrected chi connectivity index (χ2v) is 6.38. The molecule has 6 nitrogen and oxygen atoms in total. The molecule has 0 radical (unpaired) electrons. The van der Waals surface area contributed by atoms with Crippen molar-refractivity contribution in [2.24, 2.45) is 5.73 Å². The lowest BCUT2D eigenvalue weighted by Crippen LogP contribution is -2.24. The van der Waals surface area contributed by atoms with Crippen molar-refractivity contribution < 1.29 is 9.18 Å². The fraction of sp³-hybridized carbons (Fsp3) is 0.278. The van der Waals surface area contributed by atoms with Crippen LogP contribution in [0.1, 0.15) is 40.4 Å². The fourth-order valence-corrected chi connectivity index (χ4v) is 3.56. The maximum absolute atomic E-state index is 13.8. The van der Waals surface area contributed by atoms with Crippen LogP contribution in [0, 0.1) is 12.7 Å². The van der Waals surface area contributed by atoms with E-state index in [9.17, 15) is 9.18 Å². The van der Waals surface area contributed by atoms with Crippen LogP contribution in [0.4, 0.5) is 10.2 Å². The third-order valence-corrected chi connectivity index (χ3v) is 4.81. The number of carbonyl (C=O) groups excluding carboxylic acids is 1. The summed E-state index contributed by atoms with van der Waals surface area (Å²) in [4.78, 5) is 17.8. The van der Waals surface area contributed by atoms with E-state index in [-0.39, 0.29) is 11.9 Å². The van der Waals surface area contributed by atoms with Crippen LogP contribution in [0.5, 0.6) is 0 Å². The topological polar surface area (TPSA) is 87.9 Å². The lowest BCUT2D eigenvalue weighted by molar-refractivity contribution is 0.1000. The van der Waals surface area contributed by atoms with Gasteiger partial charge in [0.1, 0.15) is 5.82 Å². The number of amides is 1. The first kappa shape index (κ1) is 15.6. The van der Waals surface area contributed by atoms with Gasteiger partial charge in [-0.15, -0.1) is 0 Å². The Kier molecular flexibility index (Phi) is 3.63. The largest absolute Gasteiger partial charge is 0.366 e. The normalized spacial score (nSPS) is 17.4. The number of benzene rings is 1. The summed E-state index contributed by atoms with van der Waals surface area (Å²) >= 11 is 0. The molecular weight excluding hydrogens is 321 g/mol. The summed E-state index contributed by atoms with van der Waals surface area (Å²) in [6.07, 6.45) is 3.34. The van der Waals surface area contributed by atoms with Gasteiger partial charge in [-0.25, -0.2) is 9.37 Å². The van der Waals surface area contributed by atoms with Crippen molar-refractivity contribution in [1.29, 1.82) is 0 Å². The molecule has 1 fully saturated rings. The minimum Gasteiger partial charge on any atom is -0.366 e. The molecule has 3 N–H and O–H groups in total. The molecule has 1 aliphatic rings. The molecule has 0 aliphatic carbocycles. The summed E-state index contributed by atoms with van der Waals surface area (Å²) in [6, 6.07) is 6.62. The number of nitrogens with one attached hydrogen (secondary N) is 1. The van der Waals surface area contributed by atoms with Crippen LogP contribution in [0.2, 0.25) is 0 Å². The standard InChI is InChI=1S/C18H18FN5O/c1-10-4-5-12(19)8-13(10)15-3-2-6-24(15)18-14-7-11(16(20)25)9-21-17(14)22-23-18/h4-5,7-9,15H,2-3,6H2,1H3,(H2,20,25)(H,21,22,23)/t15-/m1/s1. The van der Waals surface area contributed by atoms with E-state index in [1.807, 2.05) is 6.92 Å². The highest BCUT2D eigenvalue weighted by Gasteiger charge is 2.30. The first-order valence-corrected chi connectivity index (χ1v) is 8.21. The smallest absolute Gasteiger partial charge is 0.250 e. The number of primary amides is 1. The number of nitrogens with zero attached hydrogens (tertiary/aromatic N) is 3. The Labute approximate surface area is 143 Å². The van der Waals surface area contributed by atoms with Gasteiger partial charge in [-0.2, -0.15) is 5.10 Å². The van der Waals surface area contributed by atoms with Gasteiger partial charge in [-0.3, -0.25) is 9.89 Å². The van der Waals surface area contributed by atoms with Gasteiger partial charge in [0, 0.05) is 12.7 Å². The number of H-pyrrole nitrogens is 1. The Hall–Kier alpha value is -2.96. The number of aromatic amines is 1. The van der Waals surface area contributed by atoms with Gasteiger partial charge >= 0.3 is 0 Å². The first-order chi connectivity index (χ1) is 12.0. The highest BCUT2D eigenvalue weighted by molar-refractivity contribution is 5.98. The van der Waals surface area contributed by atoms with Crippen LogP contribution < -0.4 is 10.6 Å². The summed E-state index contributed by atoms with van der Waals surface area (Å²) in [7, 11) is 0. The highest BCUT2D eigenvalue weighted by atomic mass is 19.1. The quantitative estimate of drug-likeness (QED) is 0.768. The lowest BCUT2D eigenvalue weighted by Gasteiger charge is -2.26. The predicted molar refractivity (Wildman–Crippen MR) is 92.9 cm³/mol. The summed E-state index contributed by atoms with van der Waals surface area (Å²) in [5, 5.41) is 8.05. The van der Waals surface area contributed by atoms with Gasteiger partial charge in [-0.1, -0.05) is 6.07 Å². The maximum Gasteiger partial charge on any atom is 0.250 e. The first-order valence-electron chi connectivity index (χ1n) is 8.21. The van der Waals surface area contributed by atoms with Crippen LogP contribution in [0.3, 0.4) is 0 Å². The second kappa shape index (κ2) is 5.84. The average Bonchev–Trinajstić information content (AvgIpc) is 3.22. The zero-order valence-electron chi connectivity index (χ0n) is 13.8. The molecule has 0 bridgehead atoms. The number of pyridine rings is 1. The SMILES string of the molecule is Cc1ccc(F)cc1[C@H]1CCCN1c1n[nH]c2ncc(C(N)=O)cc12. The average molecular weight is 339 g/mol. The zero-order chi connectivity index (χ0) is 17.6. The van der Waals surface area contributed by atoms with Crippen molar-refractivity contribution in [3.63, 3.8) is 0 Å². The van der Waals surface area contributed by atoms with Crippen molar-refractivity contribution >= 4 is 22.8 Å². The Balaban J connectivity index is 1.80. The third kappa shape index (κ3) is 2.61. The molecule has 1 atom stereocenters. The lowest BCUT2D eigenvalue weighted by atomic mass is 9.99. The minimum absolute atomic E-state index is 0.0411. The molecule has 0 saturated carbocycles. The maximum atomic E-state index is 13.8. The molecule has 2 aromatic heterocycles. The Morgan fingerprint density at radius 3 is 3.04 bits per heavy atom. The van der Waals surface area contributed by atoms with Gasteiger partial charge in [0.15, 0.2) is 11.5 Å². The van der Waals surface area contributed by atoms with Crippen molar-refractivity contribution in [1.82, 2.24) is 15.2 Å². The molecule has 128 valence electrons. The van der Waals surface area contributed by atoms with Gasteiger partial charge in [0.05, 0.1) is 17.0 Å². The van der Waals surface area contributed by atoms with E-state index in [1.165, 1.54) is 12.3 Å². The van der Waals surface area contributed by atoms with E-state index in [2.05, 4.69) is 20.1 Å². The van der Waals surface area contributed by atoms with E-state index in [0.29, 0.717) is 11.2 Å². The van der Waals surface area contributed by atoms with Crippen LogP contribution in [0.15, 0.2) is 30.5 Å². The molecule has 0 spiro atoms. The van der Waals surface area contributed by atoms with Gasteiger partial charge in [0.25, 0.3) is 0 Å². The molecule has 1 saturated heterocycles. The molecule has 1 aliphatic heterocycles. The minimum atomic E-state index is -0.527. The van der Waals surface area contributed by atoms with Crippen molar-refractivity contribution in [3.8, 4) is 0 Å². The van der Waals surface area contributed by atoms with Gasteiger partial charge in [-0.05, 0) is 49.1 Å². The molecule has 1 aromatic carbocycles. The molecule has 3 aromatic rings. The number of aryl methyl sites for hydroxylation is 1. The van der Waals surface area contributed by atoms with E-state index >= 15 is 0 Å². The number of hydrogen-bond acceptors (Lipinski definition) is 4. The Morgan fingerprint density at radius 1 is 1.40 bits per heavy atom. The number of anilines is 1. The van der Waals surface area contributed by atoms with E-state index in [4.69, 9.17) is 5.73 Å². The molecular formula is C18H18FN5O. The summed E-state index contributed by atoms with van der Waals surface area (Å²) in [5.41, 5.74) is 8.32. The summed E-state index contributed by atoms with van der Waals surface area (Å²) < 4.78 is 13.8. The molecule has 7 heteroatoms. The molecule has 3 heterocycles. The number of hydrogen-bond donors (Lipinski definition) is 2.